The fourth-order valence-electron chi connectivity index (χ4n) is 6.63. The van der Waals surface area contributed by atoms with E-state index in [1.54, 1.807) is 0 Å². The Morgan fingerprint density at radius 2 is 0.727 bits per heavy atom. The minimum absolute atomic E-state index is 0.442. The Kier molecular flexibility index (Phi) is 6.23. The van der Waals surface area contributed by atoms with E-state index in [1.165, 1.54) is 38.9 Å². The molecule has 0 atom stereocenters. The van der Waals surface area contributed by atoms with E-state index in [1.807, 2.05) is 60.7 Å². The van der Waals surface area contributed by atoms with Crippen LogP contribution in [0.4, 0.5) is 0 Å². The fraction of sp³-hybridized carbons (Fsp3) is 0.0488. The molecule has 0 radical (unpaired) electrons. The third-order valence-electron chi connectivity index (χ3n) is 8.71. The summed E-state index contributed by atoms with van der Waals surface area (Å²) in [6, 6.07) is 55.7. The molecule has 208 valence electrons. The molecule has 6 aromatic carbocycles. The summed E-state index contributed by atoms with van der Waals surface area (Å²) < 4.78 is 0. The quantitative estimate of drug-likeness (QED) is 0.209. The largest absolute Gasteiger partial charge is 0.208 e. The monoisotopic (exact) mass is 563 g/mol. The summed E-state index contributed by atoms with van der Waals surface area (Å²) in [4.78, 5) is 14.8. The van der Waals surface area contributed by atoms with Crippen molar-refractivity contribution in [1.82, 2.24) is 15.0 Å². The Morgan fingerprint density at radius 1 is 0.364 bits per heavy atom. The van der Waals surface area contributed by atoms with Crippen LogP contribution >= 0.6 is 0 Å². The highest BCUT2D eigenvalue weighted by molar-refractivity contribution is 5.86. The number of rotatable bonds is 5. The van der Waals surface area contributed by atoms with Gasteiger partial charge in [0.1, 0.15) is 0 Å². The Hall–Kier alpha value is -5.67. The number of hydrogen-bond acceptors (Lipinski definition) is 3. The summed E-state index contributed by atoms with van der Waals surface area (Å²) >= 11 is 0. The van der Waals surface area contributed by atoms with Crippen LogP contribution in [0.25, 0.3) is 45.3 Å². The van der Waals surface area contributed by atoms with Crippen molar-refractivity contribution in [2.24, 2.45) is 0 Å². The van der Waals surface area contributed by atoms with Crippen molar-refractivity contribution >= 4 is 0 Å². The van der Waals surface area contributed by atoms with Gasteiger partial charge in [-0.2, -0.15) is 0 Å². The molecule has 1 aliphatic rings. The van der Waals surface area contributed by atoms with Crippen LogP contribution in [-0.4, -0.2) is 15.0 Å². The second kappa shape index (κ2) is 10.6. The smallest absolute Gasteiger partial charge is 0.164 e. The predicted octanol–water partition coefficient (Wildman–Crippen LogP) is 9.54. The number of benzene rings is 6. The standard InChI is InChI=1S/C41H29N3/c1-28-20-24-32(25-21-28)41(36-18-10-8-16-34(36)35-17-9-11-19-37(35)41)33-26-22-31(23-27-33)40-43-38(29-12-4-2-5-13-29)42-39(44-40)30-14-6-3-7-15-30/h2-27H,1H3. The van der Waals surface area contributed by atoms with E-state index < -0.39 is 5.41 Å². The molecule has 44 heavy (non-hydrogen) atoms. The molecule has 7 aromatic rings. The number of fused-ring (bicyclic) bond motifs is 3. The van der Waals surface area contributed by atoms with Crippen LogP contribution in [0, 0.1) is 6.92 Å². The van der Waals surface area contributed by atoms with Crippen molar-refractivity contribution in [3.05, 3.63) is 186 Å². The molecule has 0 fully saturated rings. The molecule has 0 saturated heterocycles. The van der Waals surface area contributed by atoms with Crippen LogP contribution in [-0.2, 0) is 5.41 Å². The summed E-state index contributed by atoms with van der Waals surface area (Å²) in [5, 5.41) is 0. The molecule has 0 amide bonds. The molecule has 3 heteroatoms. The zero-order valence-corrected chi connectivity index (χ0v) is 24.4. The minimum Gasteiger partial charge on any atom is -0.208 e. The Labute approximate surface area is 257 Å². The lowest BCUT2D eigenvalue weighted by atomic mass is 9.67. The van der Waals surface area contributed by atoms with Crippen molar-refractivity contribution in [1.29, 1.82) is 0 Å². The third-order valence-corrected chi connectivity index (χ3v) is 8.71. The zero-order valence-electron chi connectivity index (χ0n) is 24.4. The van der Waals surface area contributed by atoms with Gasteiger partial charge in [0.2, 0.25) is 0 Å². The summed E-state index contributed by atoms with van der Waals surface area (Å²) in [6.45, 7) is 2.14. The lowest BCUT2D eigenvalue weighted by molar-refractivity contribution is 0.768. The van der Waals surface area contributed by atoms with Crippen molar-refractivity contribution in [2.45, 2.75) is 12.3 Å². The van der Waals surface area contributed by atoms with Crippen LogP contribution in [0.3, 0.4) is 0 Å². The topological polar surface area (TPSA) is 38.7 Å². The van der Waals surface area contributed by atoms with E-state index in [-0.39, 0.29) is 0 Å². The lowest BCUT2D eigenvalue weighted by Gasteiger charge is -2.34. The highest BCUT2D eigenvalue weighted by Gasteiger charge is 2.45. The van der Waals surface area contributed by atoms with Gasteiger partial charge in [-0.05, 0) is 40.3 Å². The lowest BCUT2D eigenvalue weighted by Crippen LogP contribution is -2.28. The number of aromatic nitrogens is 3. The first-order valence-electron chi connectivity index (χ1n) is 15.0. The van der Waals surface area contributed by atoms with Crippen molar-refractivity contribution < 1.29 is 0 Å². The number of hydrogen-bond donors (Lipinski definition) is 0. The molecule has 0 bridgehead atoms. The molecule has 0 spiro atoms. The van der Waals surface area contributed by atoms with Crippen LogP contribution < -0.4 is 0 Å². The van der Waals surface area contributed by atoms with Gasteiger partial charge in [-0.15, -0.1) is 0 Å². The van der Waals surface area contributed by atoms with E-state index in [4.69, 9.17) is 15.0 Å². The molecule has 0 saturated carbocycles. The second-order valence-corrected chi connectivity index (χ2v) is 11.3. The van der Waals surface area contributed by atoms with E-state index in [9.17, 15) is 0 Å². The first kappa shape index (κ1) is 26.0. The average molecular weight is 564 g/mol. The maximum absolute atomic E-state index is 4.96. The van der Waals surface area contributed by atoms with Crippen molar-refractivity contribution in [2.75, 3.05) is 0 Å². The van der Waals surface area contributed by atoms with Gasteiger partial charge in [0.05, 0.1) is 5.41 Å². The predicted molar refractivity (Wildman–Crippen MR) is 178 cm³/mol. The second-order valence-electron chi connectivity index (χ2n) is 11.3. The first-order chi connectivity index (χ1) is 21.7. The van der Waals surface area contributed by atoms with Gasteiger partial charge in [-0.3, -0.25) is 0 Å². The molecular formula is C41H29N3. The van der Waals surface area contributed by atoms with Gasteiger partial charge in [-0.1, -0.05) is 163 Å². The molecule has 8 rings (SSSR count). The Bertz CT molecular complexity index is 2000. The van der Waals surface area contributed by atoms with Gasteiger partial charge in [0.25, 0.3) is 0 Å². The van der Waals surface area contributed by atoms with Gasteiger partial charge >= 0.3 is 0 Å². The normalized spacial score (nSPS) is 12.8. The number of nitrogens with zero attached hydrogens (tertiary/aromatic N) is 3. The van der Waals surface area contributed by atoms with Crippen LogP contribution in [0.1, 0.15) is 27.8 Å². The zero-order chi connectivity index (χ0) is 29.5. The highest BCUT2D eigenvalue weighted by atomic mass is 15.0. The molecule has 1 heterocycles. The Morgan fingerprint density at radius 3 is 1.18 bits per heavy atom. The van der Waals surface area contributed by atoms with E-state index >= 15 is 0 Å². The maximum atomic E-state index is 4.96. The molecule has 0 aliphatic heterocycles. The van der Waals surface area contributed by atoms with Gasteiger partial charge in [-0.25, -0.2) is 15.0 Å². The van der Waals surface area contributed by atoms with Crippen LogP contribution in [0.15, 0.2) is 158 Å². The Balaban J connectivity index is 1.32. The van der Waals surface area contributed by atoms with Gasteiger partial charge in [0, 0.05) is 16.7 Å². The average Bonchev–Trinajstić information content (AvgIpc) is 3.40. The maximum Gasteiger partial charge on any atom is 0.164 e. The molecule has 3 nitrogen and oxygen atoms in total. The summed E-state index contributed by atoms with van der Waals surface area (Å²) in [5.74, 6) is 1.97. The van der Waals surface area contributed by atoms with Crippen LogP contribution in [0.2, 0.25) is 0 Å². The van der Waals surface area contributed by atoms with Crippen LogP contribution in [0.5, 0.6) is 0 Å². The fourth-order valence-corrected chi connectivity index (χ4v) is 6.63. The van der Waals surface area contributed by atoms with Gasteiger partial charge in [0.15, 0.2) is 17.5 Å². The molecule has 0 N–H and O–H groups in total. The molecular weight excluding hydrogens is 534 g/mol. The highest BCUT2D eigenvalue weighted by Crippen LogP contribution is 2.56. The molecule has 1 aromatic heterocycles. The molecule has 1 aliphatic carbocycles. The van der Waals surface area contributed by atoms with Gasteiger partial charge < -0.3 is 0 Å². The van der Waals surface area contributed by atoms with Crippen molar-refractivity contribution in [3.63, 3.8) is 0 Å². The van der Waals surface area contributed by atoms with Crippen molar-refractivity contribution in [3.8, 4) is 45.3 Å². The third kappa shape index (κ3) is 4.17. The SMILES string of the molecule is Cc1ccc(C2(c3ccc(-c4nc(-c5ccccc5)nc(-c5ccccc5)n4)cc3)c3ccccc3-c3ccccc32)cc1. The first-order valence-corrected chi connectivity index (χ1v) is 15.0. The van der Waals surface area contributed by atoms with E-state index in [0.717, 1.165) is 16.7 Å². The molecule has 0 unspecified atom stereocenters. The summed E-state index contributed by atoms with van der Waals surface area (Å²) in [5.41, 5.74) is 11.3. The number of aryl methyl sites for hydroxylation is 1. The summed E-state index contributed by atoms with van der Waals surface area (Å²) in [7, 11) is 0. The van der Waals surface area contributed by atoms with E-state index in [0.29, 0.717) is 17.5 Å². The van der Waals surface area contributed by atoms with E-state index in [2.05, 4.69) is 104 Å². The summed E-state index contributed by atoms with van der Waals surface area (Å²) in [6.07, 6.45) is 0. The minimum atomic E-state index is -0.442.